The van der Waals surface area contributed by atoms with Gasteiger partial charge in [-0.05, 0) is 78.9 Å². The topological polar surface area (TPSA) is 171 Å². The van der Waals surface area contributed by atoms with E-state index in [1.807, 2.05) is 0 Å². The molecule has 1 unspecified atom stereocenters. The number of halogens is 6. The lowest BCUT2D eigenvalue weighted by molar-refractivity contribution is -0.143. The van der Waals surface area contributed by atoms with Crippen molar-refractivity contribution >= 4 is 58.2 Å². The normalized spacial score (nSPS) is 12.6. The van der Waals surface area contributed by atoms with Crippen molar-refractivity contribution in [2.75, 3.05) is 24.7 Å². The molecule has 290 valence electrons. The third-order valence-corrected chi connectivity index (χ3v) is 11.3. The van der Waals surface area contributed by atoms with Gasteiger partial charge in [0.05, 0.1) is 33.4 Å². The molecule has 5 N–H and O–H groups in total. The summed E-state index contributed by atoms with van der Waals surface area (Å²) in [6.07, 6.45) is -10.5. The van der Waals surface area contributed by atoms with E-state index in [0.29, 0.717) is 17.8 Å². The first kappa shape index (κ1) is 40.6. The summed E-state index contributed by atoms with van der Waals surface area (Å²) in [5, 5.41) is 25.6. The van der Waals surface area contributed by atoms with E-state index in [9.17, 15) is 55.7 Å². The van der Waals surface area contributed by atoms with Gasteiger partial charge in [-0.25, -0.2) is 9.59 Å². The summed E-state index contributed by atoms with van der Waals surface area (Å²) < 4.78 is 105. The molecule has 56 heavy (non-hydrogen) atoms. The number of carboxylic acid groups (broad SMARTS) is 2. The number of aromatic carboxylic acids is 2. The van der Waals surface area contributed by atoms with E-state index in [0.717, 1.165) is 30.3 Å². The molecule has 0 bridgehead atoms. The SMILES string of the molecule is CNC(=O)c1cc(Oc2ccc(C(=O)O)c(C(=O)Nc3cccc(P(=O)(c4cccc(NC)c4)c4cc(C(F)(F)F)cc(C(F)(F)F)c4)c3)c2)ccc1C(=O)O. The second-order valence-corrected chi connectivity index (χ2v) is 14.7. The smallest absolute Gasteiger partial charge is 0.416 e. The van der Waals surface area contributed by atoms with Gasteiger partial charge in [0.25, 0.3) is 11.8 Å². The highest BCUT2D eigenvalue weighted by Gasteiger charge is 2.40. The molecular formula is C38H28F6N3O8P. The summed E-state index contributed by atoms with van der Waals surface area (Å²) >= 11 is 0. The van der Waals surface area contributed by atoms with Crippen molar-refractivity contribution in [2.45, 2.75) is 12.4 Å². The zero-order valence-corrected chi connectivity index (χ0v) is 29.8. The van der Waals surface area contributed by atoms with E-state index >= 15 is 4.57 Å². The number of carbonyl (C=O) groups is 4. The molecule has 11 nitrogen and oxygen atoms in total. The van der Waals surface area contributed by atoms with Crippen molar-refractivity contribution in [2.24, 2.45) is 0 Å². The van der Waals surface area contributed by atoms with E-state index in [4.69, 9.17) is 4.74 Å². The van der Waals surface area contributed by atoms with Crippen LogP contribution in [0, 0.1) is 0 Å². The van der Waals surface area contributed by atoms with E-state index < -0.39 is 70.8 Å². The molecule has 0 radical (unpaired) electrons. The molecule has 0 aliphatic heterocycles. The van der Waals surface area contributed by atoms with E-state index in [2.05, 4.69) is 16.0 Å². The van der Waals surface area contributed by atoms with Crippen molar-refractivity contribution in [3.63, 3.8) is 0 Å². The van der Waals surface area contributed by atoms with Gasteiger partial charge in [-0.1, -0.05) is 24.3 Å². The summed E-state index contributed by atoms with van der Waals surface area (Å²) in [6.45, 7) is 0. The molecule has 0 aromatic heterocycles. The van der Waals surface area contributed by atoms with Crippen LogP contribution in [-0.2, 0) is 16.9 Å². The van der Waals surface area contributed by atoms with Crippen LogP contribution in [0.25, 0.3) is 0 Å². The Balaban J connectivity index is 1.59. The van der Waals surface area contributed by atoms with Crippen molar-refractivity contribution in [3.8, 4) is 11.5 Å². The zero-order chi connectivity index (χ0) is 41.2. The molecule has 2 amide bonds. The summed E-state index contributed by atoms with van der Waals surface area (Å²) in [5.74, 6) is -4.93. The van der Waals surface area contributed by atoms with Crippen LogP contribution in [0.3, 0.4) is 0 Å². The minimum absolute atomic E-state index is 0.0582. The van der Waals surface area contributed by atoms with Crippen LogP contribution in [0.5, 0.6) is 11.5 Å². The third kappa shape index (κ3) is 8.52. The number of carbonyl (C=O) groups excluding carboxylic acids is 2. The van der Waals surface area contributed by atoms with Crippen LogP contribution in [0.2, 0.25) is 0 Å². The first-order valence-electron chi connectivity index (χ1n) is 16.0. The molecule has 0 aliphatic carbocycles. The lowest BCUT2D eigenvalue weighted by atomic mass is 10.1. The predicted molar refractivity (Wildman–Crippen MR) is 194 cm³/mol. The lowest BCUT2D eigenvalue weighted by Gasteiger charge is -2.23. The average Bonchev–Trinajstić information content (AvgIpc) is 3.16. The Morgan fingerprint density at radius 1 is 0.571 bits per heavy atom. The number of nitrogens with one attached hydrogen (secondary N) is 3. The Kier molecular flexibility index (Phi) is 11.3. The molecule has 0 aliphatic rings. The van der Waals surface area contributed by atoms with E-state index in [1.54, 1.807) is 0 Å². The number of carboxylic acids is 2. The monoisotopic (exact) mass is 799 g/mol. The fourth-order valence-electron chi connectivity index (χ4n) is 5.60. The summed E-state index contributed by atoms with van der Waals surface area (Å²) in [6, 6.07) is 17.7. The summed E-state index contributed by atoms with van der Waals surface area (Å²) in [5.41, 5.74) is -4.81. The fourth-order valence-corrected chi connectivity index (χ4v) is 8.37. The number of rotatable bonds is 11. The molecule has 1 atom stereocenters. The largest absolute Gasteiger partial charge is 0.478 e. The Morgan fingerprint density at radius 3 is 1.48 bits per heavy atom. The van der Waals surface area contributed by atoms with Gasteiger partial charge in [0.2, 0.25) is 0 Å². The second kappa shape index (κ2) is 15.6. The van der Waals surface area contributed by atoms with Gasteiger partial charge < -0.3 is 35.5 Å². The molecular weight excluding hydrogens is 771 g/mol. The molecule has 0 fully saturated rings. The summed E-state index contributed by atoms with van der Waals surface area (Å²) in [4.78, 5) is 49.7. The third-order valence-electron chi connectivity index (χ3n) is 8.30. The maximum Gasteiger partial charge on any atom is 0.416 e. The van der Waals surface area contributed by atoms with Crippen LogP contribution in [-0.4, -0.2) is 48.1 Å². The molecule has 0 heterocycles. The molecule has 18 heteroatoms. The first-order valence-corrected chi connectivity index (χ1v) is 17.7. The Labute approximate surface area is 313 Å². The number of anilines is 2. The first-order chi connectivity index (χ1) is 26.3. The van der Waals surface area contributed by atoms with E-state index in [1.165, 1.54) is 68.7 Å². The van der Waals surface area contributed by atoms with Gasteiger partial charge >= 0.3 is 24.3 Å². The van der Waals surface area contributed by atoms with Gasteiger partial charge in [0.1, 0.15) is 11.5 Å². The number of benzene rings is 5. The lowest BCUT2D eigenvalue weighted by Crippen LogP contribution is -2.28. The standard InChI is InChI=1S/C38H28F6N3O8P/c1-45-22-5-3-7-26(16-22)56(54,28-14-20(37(39,40)41)13-21(15-28)38(42,43)44)27-8-4-6-23(17-27)47-34(49)32-19-25(10-12-30(32)36(52)53)55-24-9-11-29(35(50)51)31(18-24)33(48)46-2/h3-19,45H,1-2H3,(H,46,48)(H,47,49)(H,50,51)(H,52,53). The van der Waals surface area contributed by atoms with Crippen molar-refractivity contribution in [1.82, 2.24) is 5.32 Å². The van der Waals surface area contributed by atoms with Crippen LogP contribution in [0.15, 0.2) is 103 Å². The van der Waals surface area contributed by atoms with Gasteiger partial charge in [-0.3, -0.25) is 9.59 Å². The van der Waals surface area contributed by atoms with Crippen molar-refractivity contribution in [1.29, 1.82) is 0 Å². The highest BCUT2D eigenvalue weighted by atomic mass is 31.2. The molecule has 0 spiro atoms. The van der Waals surface area contributed by atoms with Gasteiger partial charge in [-0.15, -0.1) is 0 Å². The molecule has 5 aromatic carbocycles. The van der Waals surface area contributed by atoms with Gasteiger partial charge in [0.15, 0.2) is 7.14 Å². The Bertz CT molecular complexity index is 2400. The Morgan fingerprint density at radius 2 is 1.04 bits per heavy atom. The van der Waals surface area contributed by atoms with Crippen LogP contribution in [0.1, 0.15) is 52.6 Å². The maximum absolute atomic E-state index is 15.2. The molecule has 0 saturated heterocycles. The number of hydrogen-bond acceptors (Lipinski definition) is 7. The van der Waals surface area contributed by atoms with Crippen LogP contribution < -0.4 is 36.6 Å². The van der Waals surface area contributed by atoms with E-state index in [-0.39, 0.29) is 45.0 Å². The number of amides is 2. The van der Waals surface area contributed by atoms with Gasteiger partial charge in [0, 0.05) is 41.4 Å². The van der Waals surface area contributed by atoms with Gasteiger partial charge in [-0.2, -0.15) is 26.3 Å². The van der Waals surface area contributed by atoms with Crippen molar-refractivity contribution < 1.29 is 65.0 Å². The highest BCUT2D eigenvalue weighted by Crippen LogP contribution is 2.46. The fraction of sp³-hybridized carbons (Fsp3) is 0.105. The van der Waals surface area contributed by atoms with Crippen LogP contribution >= 0.6 is 7.14 Å². The Hall–Kier alpha value is -6.61. The summed E-state index contributed by atoms with van der Waals surface area (Å²) in [7, 11) is -1.84. The minimum Gasteiger partial charge on any atom is -0.478 e. The predicted octanol–water partition coefficient (Wildman–Crippen LogP) is 7.21. The minimum atomic E-state index is -5.25. The quantitative estimate of drug-likeness (QED) is 0.0685. The average molecular weight is 800 g/mol. The van der Waals surface area contributed by atoms with Crippen LogP contribution in [0.4, 0.5) is 37.7 Å². The second-order valence-electron chi connectivity index (χ2n) is 11.9. The zero-order valence-electron chi connectivity index (χ0n) is 28.9. The number of hydrogen-bond donors (Lipinski definition) is 5. The highest BCUT2D eigenvalue weighted by molar-refractivity contribution is 7.85. The maximum atomic E-state index is 15.2. The molecule has 5 rings (SSSR count). The molecule has 5 aromatic rings. The van der Waals surface area contributed by atoms with Crippen molar-refractivity contribution in [3.05, 3.63) is 137 Å². The molecule has 0 saturated carbocycles. The number of alkyl halides is 6. The number of ether oxygens (including phenoxy) is 1.